The van der Waals surface area contributed by atoms with Crippen molar-refractivity contribution in [2.75, 3.05) is 0 Å². The van der Waals surface area contributed by atoms with E-state index in [9.17, 15) is 8.78 Å². The third-order valence-electron chi connectivity index (χ3n) is 4.94. The number of hydrogen-bond acceptors (Lipinski definition) is 0. The first kappa shape index (κ1) is 19.3. The molecule has 0 radical (unpaired) electrons. The van der Waals surface area contributed by atoms with Crippen LogP contribution in [0, 0.1) is 11.6 Å². The third kappa shape index (κ3) is 4.63. The molecule has 0 aromatic heterocycles. The summed E-state index contributed by atoms with van der Waals surface area (Å²) in [5.41, 5.74) is 4.64. The second-order valence-corrected chi connectivity index (χ2v) is 7.06. The normalized spacial score (nSPS) is 11.0. The lowest BCUT2D eigenvalue weighted by Gasteiger charge is -2.10. The molecule has 0 atom stereocenters. The zero-order valence-electron chi connectivity index (χ0n) is 16.1. The van der Waals surface area contributed by atoms with Crippen molar-refractivity contribution in [1.29, 1.82) is 0 Å². The Morgan fingerprint density at radius 1 is 0.593 bits per heavy atom. The van der Waals surface area contributed by atoms with Crippen LogP contribution in [0.25, 0.3) is 22.3 Å². The molecule has 3 rings (SSSR count). The smallest absolute Gasteiger partial charge is 0.131 e. The lowest BCUT2D eigenvalue weighted by molar-refractivity contribution is 0.624. The highest BCUT2D eigenvalue weighted by Gasteiger charge is 2.11. The summed E-state index contributed by atoms with van der Waals surface area (Å²) >= 11 is 0. The number of benzene rings is 3. The van der Waals surface area contributed by atoms with Gasteiger partial charge in [0.25, 0.3) is 0 Å². The van der Waals surface area contributed by atoms with Gasteiger partial charge in [0, 0.05) is 11.1 Å². The van der Waals surface area contributed by atoms with Gasteiger partial charge in [0.1, 0.15) is 11.6 Å². The molecule has 0 bridgehead atoms. The second kappa shape index (κ2) is 8.94. The molecule has 3 aromatic rings. The zero-order chi connectivity index (χ0) is 19.2. The van der Waals surface area contributed by atoms with Crippen molar-refractivity contribution in [3.05, 3.63) is 83.4 Å². The molecule has 0 saturated heterocycles. The van der Waals surface area contributed by atoms with Gasteiger partial charge in [0.2, 0.25) is 0 Å². The molecule has 0 aliphatic rings. The van der Waals surface area contributed by atoms with E-state index in [1.165, 1.54) is 11.6 Å². The summed E-state index contributed by atoms with van der Waals surface area (Å²) in [6.45, 7) is 4.26. The van der Waals surface area contributed by atoms with Crippen molar-refractivity contribution in [3.63, 3.8) is 0 Å². The van der Waals surface area contributed by atoms with Crippen LogP contribution in [0.15, 0.2) is 60.7 Å². The van der Waals surface area contributed by atoms with Crippen molar-refractivity contribution >= 4 is 0 Å². The highest BCUT2D eigenvalue weighted by atomic mass is 19.1. The van der Waals surface area contributed by atoms with Crippen LogP contribution in [0.1, 0.15) is 44.2 Å². The van der Waals surface area contributed by atoms with Gasteiger partial charge in [0.05, 0.1) is 0 Å². The Bertz CT molecular complexity index is 895. The van der Waals surface area contributed by atoms with Gasteiger partial charge in [-0.15, -0.1) is 0 Å². The van der Waals surface area contributed by atoms with Crippen molar-refractivity contribution in [2.45, 2.75) is 46.0 Å². The minimum absolute atomic E-state index is 0.292. The van der Waals surface area contributed by atoms with Crippen LogP contribution in [0.4, 0.5) is 8.78 Å². The first-order chi connectivity index (χ1) is 13.1. The minimum atomic E-state index is -0.329. The van der Waals surface area contributed by atoms with Gasteiger partial charge in [-0.05, 0) is 53.6 Å². The molecule has 0 nitrogen and oxygen atoms in total. The fourth-order valence-electron chi connectivity index (χ4n) is 3.39. The van der Waals surface area contributed by atoms with E-state index >= 15 is 0 Å². The Balaban J connectivity index is 1.86. The van der Waals surface area contributed by atoms with E-state index in [1.54, 1.807) is 24.3 Å². The summed E-state index contributed by atoms with van der Waals surface area (Å²) in [5.74, 6) is -0.620. The summed E-state index contributed by atoms with van der Waals surface area (Å²) in [6.07, 6.45) is 5.10. The predicted molar refractivity (Wildman–Crippen MR) is 110 cm³/mol. The Hall–Kier alpha value is -2.48. The molecule has 0 heterocycles. The summed E-state index contributed by atoms with van der Waals surface area (Å²) in [5, 5.41) is 0. The fourth-order valence-corrected chi connectivity index (χ4v) is 3.39. The van der Waals surface area contributed by atoms with Crippen LogP contribution in [-0.2, 0) is 12.8 Å². The molecule has 0 unspecified atom stereocenters. The lowest BCUT2D eigenvalue weighted by atomic mass is 9.97. The average Bonchev–Trinajstić information content (AvgIpc) is 2.67. The molecule has 27 heavy (non-hydrogen) atoms. The van der Waals surface area contributed by atoms with Crippen molar-refractivity contribution in [1.82, 2.24) is 0 Å². The molecule has 0 saturated carbocycles. The van der Waals surface area contributed by atoms with Crippen molar-refractivity contribution in [2.24, 2.45) is 0 Å². The van der Waals surface area contributed by atoms with Gasteiger partial charge < -0.3 is 0 Å². The van der Waals surface area contributed by atoms with Crippen LogP contribution < -0.4 is 0 Å². The average molecular weight is 364 g/mol. The summed E-state index contributed by atoms with van der Waals surface area (Å²) in [7, 11) is 0. The minimum Gasteiger partial charge on any atom is -0.206 e. The quantitative estimate of drug-likeness (QED) is 0.405. The molecular weight excluding hydrogens is 338 g/mol. The maximum absolute atomic E-state index is 14.7. The van der Waals surface area contributed by atoms with E-state index in [0.717, 1.165) is 43.2 Å². The number of halogens is 2. The second-order valence-electron chi connectivity index (χ2n) is 7.06. The van der Waals surface area contributed by atoms with E-state index < -0.39 is 0 Å². The largest absolute Gasteiger partial charge is 0.206 e. The van der Waals surface area contributed by atoms with E-state index in [1.807, 2.05) is 30.3 Å². The number of rotatable bonds is 7. The van der Waals surface area contributed by atoms with Crippen molar-refractivity contribution < 1.29 is 8.78 Å². The molecular formula is C25H26F2. The summed E-state index contributed by atoms with van der Waals surface area (Å²) in [4.78, 5) is 0. The number of hydrogen-bond donors (Lipinski definition) is 0. The molecule has 140 valence electrons. The van der Waals surface area contributed by atoms with Crippen LogP contribution in [-0.4, -0.2) is 0 Å². The molecule has 0 fully saturated rings. The SMILES string of the molecule is CCCCc1ccc(-c2ccc(-c3ccc(CCC)cc3)c(F)c2)c(F)c1. The Morgan fingerprint density at radius 3 is 1.81 bits per heavy atom. The molecule has 0 aliphatic carbocycles. The molecule has 0 spiro atoms. The predicted octanol–water partition coefficient (Wildman–Crippen LogP) is 7.59. The molecule has 0 amide bonds. The van der Waals surface area contributed by atoms with Crippen LogP contribution in [0.5, 0.6) is 0 Å². The maximum atomic E-state index is 14.7. The topological polar surface area (TPSA) is 0 Å². The zero-order valence-corrected chi connectivity index (χ0v) is 16.1. The van der Waals surface area contributed by atoms with Gasteiger partial charge in [-0.1, -0.05) is 75.2 Å². The van der Waals surface area contributed by atoms with Crippen LogP contribution >= 0.6 is 0 Å². The van der Waals surface area contributed by atoms with E-state index in [-0.39, 0.29) is 11.6 Å². The highest BCUT2D eigenvalue weighted by molar-refractivity contribution is 5.71. The summed E-state index contributed by atoms with van der Waals surface area (Å²) < 4.78 is 29.2. The van der Waals surface area contributed by atoms with E-state index in [4.69, 9.17) is 0 Å². The maximum Gasteiger partial charge on any atom is 0.131 e. The van der Waals surface area contributed by atoms with Crippen LogP contribution in [0.3, 0.4) is 0 Å². The third-order valence-corrected chi connectivity index (χ3v) is 4.94. The van der Waals surface area contributed by atoms with E-state index in [0.29, 0.717) is 16.7 Å². The Morgan fingerprint density at radius 2 is 1.19 bits per heavy atom. The Labute approximate surface area is 160 Å². The molecule has 3 aromatic carbocycles. The Kier molecular flexibility index (Phi) is 6.39. The first-order valence-corrected chi connectivity index (χ1v) is 9.80. The van der Waals surface area contributed by atoms with Gasteiger partial charge >= 0.3 is 0 Å². The van der Waals surface area contributed by atoms with Gasteiger partial charge in [0.15, 0.2) is 0 Å². The molecule has 0 N–H and O–H groups in total. The first-order valence-electron chi connectivity index (χ1n) is 9.80. The van der Waals surface area contributed by atoms with Gasteiger partial charge in [-0.3, -0.25) is 0 Å². The number of unbranched alkanes of at least 4 members (excludes halogenated alkanes) is 1. The summed E-state index contributed by atoms with van der Waals surface area (Å²) in [6, 6.07) is 18.2. The van der Waals surface area contributed by atoms with Gasteiger partial charge in [-0.25, -0.2) is 8.78 Å². The van der Waals surface area contributed by atoms with E-state index in [2.05, 4.69) is 13.8 Å². The standard InChI is InChI=1S/C25H26F2/c1-3-5-7-19-10-14-23(24(26)16-19)21-13-15-22(25(27)17-21)20-11-8-18(6-4-2)9-12-20/h8-17H,3-7H2,1-2H3. The molecule has 0 aliphatic heterocycles. The molecule has 2 heteroatoms. The van der Waals surface area contributed by atoms with Crippen LogP contribution in [0.2, 0.25) is 0 Å². The fraction of sp³-hybridized carbons (Fsp3) is 0.280. The van der Waals surface area contributed by atoms with Crippen molar-refractivity contribution in [3.8, 4) is 22.3 Å². The monoisotopic (exact) mass is 364 g/mol. The van der Waals surface area contributed by atoms with Gasteiger partial charge in [-0.2, -0.15) is 0 Å². The number of aryl methyl sites for hydroxylation is 2. The lowest BCUT2D eigenvalue weighted by Crippen LogP contribution is -1.92. The highest BCUT2D eigenvalue weighted by Crippen LogP contribution is 2.30.